The molecule has 1 aromatic carbocycles. The number of nitrogen functional groups attached to an aromatic ring is 2. The Kier molecular flexibility index (Phi) is 2.54. The molecule has 2 rings (SSSR count). The van der Waals surface area contributed by atoms with Crippen molar-refractivity contribution in [1.29, 1.82) is 5.26 Å². The van der Waals surface area contributed by atoms with E-state index in [4.69, 9.17) is 16.8 Å². The zero-order valence-corrected chi connectivity index (χ0v) is 9.77. The third-order valence-electron chi connectivity index (χ3n) is 2.18. The van der Waals surface area contributed by atoms with Gasteiger partial charge in [-0.1, -0.05) is 28.1 Å². The van der Waals surface area contributed by atoms with E-state index in [1.54, 1.807) is 0 Å². The minimum atomic E-state index is 0.167. The van der Waals surface area contributed by atoms with Crippen LogP contribution in [0.5, 0.6) is 0 Å². The molecule has 16 heavy (non-hydrogen) atoms. The first-order valence-electron chi connectivity index (χ1n) is 4.43. The van der Waals surface area contributed by atoms with E-state index in [0.717, 1.165) is 14.8 Å². The third kappa shape index (κ3) is 1.61. The molecule has 1 heterocycles. The minimum Gasteiger partial charge on any atom is -0.381 e. The lowest BCUT2D eigenvalue weighted by atomic mass is 10.1. The lowest BCUT2D eigenvalue weighted by Gasteiger charge is -1.96. The molecule has 0 saturated heterocycles. The van der Waals surface area contributed by atoms with E-state index in [0.29, 0.717) is 11.3 Å². The van der Waals surface area contributed by atoms with Gasteiger partial charge in [-0.3, -0.25) is 0 Å². The minimum absolute atomic E-state index is 0.167. The van der Waals surface area contributed by atoms with E-state index >= 15 is 0 Å². The molecule has 2 aromatic rings. The molecule has 0 amide bonds. The van der Waals surface area contributed by atoms with Gasteiger partial charge in [0.25, 0.3) is 0 Å². The second kappa shape index (κ2) is 3.87. The van der Waals surface area contributed by atoms with Gasteiger partial charge in [-0.25, -0.2) is 0 Å². The SMILES string of the molecule is N#Cc1c(-c2ccc(Br)cc2)nn(N)c1N. The Morgan fingerprint density at radius 3 is 2.50 bits per heavy atom. The highest BCUT2D eigenvalue weighted by Gasteiger charge is 2.15. The number of benzene rings is 1. The maximum absolute atomic E-state index is 8.98. The molecule has 0 aliphatic rings. The topological polar surface area (TPSA) is 93.6 Å². The number of nitriles is 1. The molecule has 0 radical (unpaired) electrons. The van der Waals surface area contributed by atoms with Gasteiger partial charge in [0, 0.05) is 10.0 Å². The highest BCUT2D eigenvalue weighted by molar-refractivity contribution is 9.10. The monoisotopic (exact) mass is 277 g/mol. The van der Waals surface area contributed by atoms with Crippen LogP contribution in [0, 0.1) is 11.3 Å². The molecule has 0 bridgehead atoms. The number of nitrogens with two attached hydrogens (primary N) is 2. The summed E-state index contributed by atoms with van der Waals surface area (Å²) in [5.74, 6) is 5.67. The average Bonchev–Trinajstić information content (AvgIpc) is 2.56. The van der Waals surface area contributed by atoms with Crippen LogP contribution < -0.4 is 11.6 Å². The molecule has 0 atom stereocenters. The normalized spacial score (nSPS) is 10.0. The van der Waals surface area contributed by atoms with E-state index in [1.807, 2.05) is 30.3 Å². The lowest BCUT2D eigenvalue weighted by Crippen LogP contribution is -2.13. The van der Waals surface area contributed by atoms with Crippen LogP contribution in [0.15, 0.2) is 28.7 Å². The van der Waals surface area contributed by atoms with Gasteiger partial charge in [0.1, 0.15) is 17.3 Å². The quantitative estimate of drug-likeness (QED) is 0.772. The summed E-state index contributed by atoms with van der Waals surface area (Å²) in [5, 5.41) is 13.0. The van der Waals surface area contributed by atoms with Crippen molar-refractivity contribution in [3.05, 3.63) is 34.3 Å². The van der Waals surface area contributed by atoms with Crippen molar-refractivity contribution in [2.24, 2.45) is 0 Å². The first kappa shape index (κ1) is 10.5. The highest BCUT2D eigenvalue weighted by Crippen LogP contribution is 2.26. The maximum atomic E-state index is 8.98. The van der Waals surface area contributed by atoms with Crippen LogP contribution in [0.1, 0.15) is 5.56 Å². The molecule has 1 aromatic heterocycles. The van der Waals surface area contributed by atoms with Crippen molar-refractivity contribution in [3.63, 3.8) is 0 Å². The fraction of sp³-hybridized carbons (Fsp3) is 0. The van der Waals surface area contributed by atoms with Crippen molar-refractivity contribution < 1.29 is 0 Å². The third-order valence-corrected chi connectivity index (χ3v) is 2.71. The Bertz CT molecular complexity index is 564. The second-order valence-electron chi connectivity index (χ2n) is 3.17. The van der Waals surface area contributed by atoms with Crippen LogP contribution >= 0.6 is 15.9 Å². The van der Waals surface area contributed by atoms with Gasteiger partial charge in [0.2, 0.25) is 0 Å². The fourth-order valence-electron chi connectivity index (χ4n) is 1.37. The summed E-state index contributed by atoms with van der Waals surface area (Å²) >= 11 is 3.33. The first-order valence-corrected chi connectivity index (χ1v) is 5.22. The summed E-state index contributed by atoms with van der Waals surface area (Å²) in [7, 11) is 0. The Labute approximate surface area is 100 Å². The average molecular weight is 278 g/mol. The van der Waals surface area contributed by atoms with Crippen LogP contribution in [0.3, 0.4) is 0 Å². The standard InChI is InChI=1S/C10H8BrN5/c11-7-3-1-6(2-4-7)9-8(5-12)10(13)16(14)15-9/h1-4H,13-14H2. The van der Waals surface area contributed by atoms with Crippen molar-refractivity contribution >= 4 is 21.7 Å². The van der Waals surface area contributed by atoms with Crippen LogP contribution in [-0.2, 0) is 0 Å². The van der Waals surface area contributed by atoms with E-state index < -0.39 is 0 Å². The summed E-state index contributed by atoms with van der Waals surface area (Å²) in [6, 6.07) is 9.40. The van der Waals surface area contributed by atoms with Gasteiger partial charge in [0.05, 0.1) is 0 Å². The summed E-state index contributed by atoms with van der Waals surface area (Å²) in [5.41, 5.74) is 7.22. The van der Waals surface area contributed by atoms with Crippen molar-refractivity contribution in [2.75, 3.05) is 11.6 Å². The fourth-order valence-corrected chi connectivity index (χ4v) is 1.63. The number of aromatic nitrogens is 2. The Morgan fingerprint density at radius 2 is 1.94 bits per heavy atom. The molecule has 0 aliphatic heterocycles. The molecular formula is C10H8BrN5. The van der Waals surface area contributed by atoms with E-state index in [-0.39, 0.29) is 5.82 Å². The molecule has 4 N–H and O–H groups in total. The Morgan fingerprint density at radius 1 is 1.31 bits per heavy atom. The van der Waals surface area contributed by atoms with Crippen molar-refractivity contribution in [2.45, 2.75) is 0 Å². The molecule has 6 heteroatoms. The predicted molar refractivity (Wildman–Crippen MR) is 64.6 cm³/mol. The lowest BCUT2D eigenvalue weighted by molar-refractivity contribution is 0.847. The van der Waals surface area contributed by atoms with Crippen molar-refractivity contribution in [1.82, 2.24) is 9.89 Å². The molecule has 0 aliphatic carbocycles. The maximum Gasteiger partial charge on any atom is 0.163 e. The van der Waals surface area contributed by atoms with Gasteiger partial charge < -0.3 is 11.6 Å². The zero-order valence-electron chi connectivity index (χ0n) is 8.18. The van der Waals surface area contributed by atoms with E-state index in [2.05, 4.69) is 21.0 Å². The number of rotatable bonds is 1. The summed E-state index contributed by atoms with van der Waals surface area (Å²) in [6.07, 6.45) is 0. The van der Waals surface area contributed by atoms with Gasteiger partial charge in [-0.15, -0.1) is 5.10 Å². The van der Waals surface area contributed by atoms with Gasteiger partial charge >= 0.3 is 0 Å². The number of hydrogen-bond donors (Lipinski definition) is 2. The summed E-state index contributed by atoms with van der Waals surface area (Å²) in [6.45, 7) is 0. The smallest absolute Gasteiger partial charge is 0.163 e. The van der Waals surface area contributed by atoms with Gasteiger partial charge in [-0.05, 0) is 12.1 Å². The predicted octanol–water partition coefficient (Wildman–Crippen LogP) is 1.48. The number of hydrogen-bond acceptors (Lipinski definition) is 4. The molecule has 80 valence electrons. The largest absolute Gasteiger partial charge is 0.381 e. The molecule has 0 fully saturated rings. The van der Waals surface area contributed by atoms with Crippen LogP contribution in [-0.4, -0.2) is 9.89 Å². The van der Waals surface area contributed by atoms with Gasteiger partial charge in [-0.2, -0.15) is 10.1 Å². The van der Waals surface area contributed by atoms with Crippen molar-refractivity contribution in [3.8, 4) is 17.3 Å². The highest BCUT2D eigenvalue weighted by atomic mass is 79.9. The molecular weight excluding hydrogens is 270 g/mol. The summed E-state index contributed by atoms with van der Waals surface area (Å²) < 4.78 is 0.954. The van der Waals surface area contributed by atoms with Crippen LogP contribution in [0.4, 0.5) is 5.82 Å². The van der Waals surface area contributed by atoms with Crippen LogP contribution in [0.2, 0.25) is 0 Å². The number of halogens is 1. The molecule has 5 nitrogen and oxygen atoms in total. The van der Waals surface area contributed by atoms with E-state index in [9.17, 15) is 0 Å². The number of nitrogens with zero attached hydrogens (tertiary/aromatic N) is 3. The first-order chi connectivity index (χ1) is 7.63. The van der Waals surface area contributed by atoms with Crippen LogP contribution in [0.25, 0.3) is 11.3 Å². The summed E-state index contributed by atoms with van der Waals surface area (Å²) in [4.78, 5) is 1.01. The van der Waals surface area contributed by atoms with Gasteiger partial charge in [0.15, 0.2) is 5.82 Å². The number of anilines is 1. The zero-order chi connectivity index (χ0) is 11.7. The second-order valence-corrected chi connectivity index (χ2v) is 4.09. The molecule has 0 spiro atoms. The Balaban J connectivity index is 2.61. The van der Waals surface area contributed by atoms with E-state index in [1.165, 1.54) is 0 Å². The Hall–Kier alpha value is -2.00. The molecule has 0 saturated carbocycles. The molecule has 0 unspecified atom stereocenters.